The van der Waals surface area contributed by atoms with Crippen LogP contribution in [0, 0.1) is 29.1 Å². The van der Waals surface area contributed by atoms with Crippen LogP contribution in [0.25, 0.3) is 0 Å². The molecule has 1 aliphatic heterocycles. The first-order valence-electron chi connectivity index (χ1n) is 24.6. The van der Waals surface area contributed by atoms with E-state index in [1.165, 1.54) is 84.6 Å². The molecule has 2 rings (SSSR count). The molecular formula is C51H82N8O12. The molecule has 0 saturated carbocycles. The highest BCUT2D eigenvalue weighted by Crippen LogP contribution is 2.25. The van der Waals surface area contributed by atoms with E-state index >= 15 is 0 Å². The summed E-state index contributed by atoms with van der Waals surface area (Å²) in [6.07, 6.45) is -0.495. The van der Waals surface area contributed by atoms with Gasteiger partial charge >= 0.3 is 5.97 Å². The lowest BCUT2D eigenvalue weighted by Crippen LogP contribution is -2.60. The quantitative estimate of drug-likeness (QED) is 0.205. The molecular weight excluding hydrogens is 917 g/mol. The van der Waals surface area contributed by atoms with Crippen LogP contribution < -0.4 is 26.0 Å². The first-order chi connectivity index (χ1) is 33.0. The average Bonchev–Trinajstić information content (AvgIpc) is 3.33. The van der Waals surface area contributed by atoms with Gasteiger partial charge in [-0.3, -0.25) is 47.9 Å². The first-order valence-corrected chi connectivity index (χ1v) is 24.6. The van der Waals surface area contributed by atoms with Crippen molar-refractivity contribution >= 4 is 59.0 Å². The van der Waals surface area contributed by atoms with Crippen molar-refractivity contribution in [3.63, 3.8) is 0 Å². The van der Waals surface area contributed by atoms with Gasteiger partial charge in [0.2, 0.25) is 41.4 Å². The summed E-state index contributed by atoms with van der Waals surface area (Å²) < 4.78 is 11.1. The third kappa shape index (κ3) is 16.0. The third-order valence-electron chi connectivity index (χ3n) is 13.7. The minimum absolute atomic E-state index is 0.0319. The molecule has 1 saturated heterocycles. The van der Waals surface area contributed by atoms with Crippen molar-refractivity contribution in [2.24, 2.45) is 29.1 Å². The Labute approximate surface area is 420 Å². The van der Waals surface area contributed by atoms with Gasteiger partial charge in [-0.1, -0.05) is 60.6 Å². The lowest BCUT2D eigenvalue weighted by atomic mass is 9.82. The number of hydrogen-bond donors (Lipinski definition) is 4. The maximum absolute atomic E-state index is 14.6. The fourth-order valence-corrected chi connectivity index (χ4v) is 8.40. The zero-order chi connectivity index (χ0) is 54.4. The summed E-state index contributed by atoms with van der Waals surface area (Å²) in [5, 5.41) is 10.7. The van der Waals surface area contributed by atoms with Gasteiger partial charge in [-0.25, -0.2) is 0 Å². The molecule has 1 aromatic rings. The van der Waals surface area contributed by atoms with Crippen LogP contribution >= 0.6 is 0 Å². The highest BCUT2D eigenvalue weighted by atomic mass is 16.5. The molecule has 1 aliphatic rings. The van der Waals surface area contributed by atoms with Gasteiger partial charge in [0.15, 0.2) is 11.9 Å². The number of amides is 8. The van der Waals surface area contributed by atoms with E-state index in [1.807, 2.05) is 13.8 Å². The van der Waals surface area contributed by atoms with Gasteiger partial charge < -0.3 is 50.3 Å². The van der Waals surface area contributed by atoms with Gasteiger partial charge in [0.05, 0.1) is 32.2 Å². The van der Waals surface area contributed by atoms with E-state index in [0.29, 0.717) is 17.7 Å². The number of rotatable bonds is 9. The van der Waals surface area contributed by atoms with Crippen molar-refractivity contribution in [1.29, 1.82) is 0 Å². The Morgan fingerprint density at radius 2 is 1.25 bits per heavy atom. The lowest BCUT2D eigenvalue weighted by molar-refractivity contribution is -0.164. The number of ether oxygens (including phenoxy) is 2. The molecule has 20 heteroatoms. The van der Waals surface area contributed by atoms with E-state index in [-0.39, 0.29) is 25.2 Å². The standard InChI is InChI=1S/C51H82N8O12/c1-18-30(7)42-47(66)53-26-39(60)57(14)37(24-28(3)4)45(64)52-27-40(61)59(16)41(29(5)6)48(67)58(15)38(25-34-20-22-35(70-17)23-21-34)46(65)54-32(9)43(62)51(11,12)50(69)56(13)33(10)44(63)55-36(19-2)31(8)49(68)71-42/h20-23,28-33,36-38,41-42H,18-19,24-27H2,1-17H3,(H,52,64)(H,53,66)(H,54,65)(H,55,63)/t30?,31?,32-,33+,36?,37+,38?,41+,42?/m1/s1. The number of likely N-dealkylation sites (N-methyl/N-ethyl adjacent to an activating group) is 4. The largest absolute Gasteiger partial charge is 0.497 e. The molecule has 0 bridgehead atoms. The van der Waals surface area contributed by atoms with Crippen molar-refractivity contribution in [3.8, 4) is 5.75 Å². The van der Waals surface area contributed by atoms with Gasteiger partial charge in [0.25, 0.3) is 5.91 Å². The summed E-state index contributed by atoms with van der Waals surface area (Å²) >= 11 is 0. The molecule has 0 radical (unpaired) electrons. The Hall–Kier alpha value is -6.08. The van der Waals surface area contributed by atoms with Crippen LogP contribution in [0.5, 0.6) is 5.75 Å². The maximum atomic E-state index is 14.6. The second-order valence-electron chi connectivity index (χ2n) is 20.2. The summed E-state index contributed by atoms with van der Waals surface area (Å²) in [4.78, 5) is 145. The van der Waals surface area contributed by atoms with Crippen LogP contribution in [0.15, 0.2) is 24.3 Å². The van der Waals surface area contributed by atoms with E-state index < -0.39 is 138 Å². The molecule has 1 fully saturated rings. The van der Waals surface area contributed by atoms with Crippen molar-refractivity contribution in [1.82, 2.24) is 40.9 Å². The average molecular weight is 999 g/mol. The summed E-state index contributed by atoms with van der Waals surface area (Å²) in [7, 11) is 7.09. The van der Waals surface area contributed by atoms with Gasteiger partial charge in [-0.15, -0.1) is 0 Å². The van der Waals surface area contributed by atoms with Crippen LogP contribution in [0.3, 0.4) is 0 Å². The fraction of sp³-hybridized carbons (Fsp3) is 0.686. The second-order valence-corrected chi connectivity index (χ2v) is 20.2. The number of nitrogens with one attached hydrogen (secondary N) is 4. The lowest BCUT2D eigenvalue weighted by Gasteiger charge is -2.37. The molecule has 0 aliphatic carbocycles. The van der Waals surface area contributed by atoms with Crippen LogP contribution in [0.4, 0.5) is 0 Å². The molecule has 0 spiro atoms. The monoisotopic (exact) mass is 999 g/mol. The summed E-state index contributed by atoms with van der Waals surface area (Å²) in [5.74, 6) is -8.41. The van der Waals surface area contributed by atoms with E-state index in [4.69, 9.17) is 9.47 Å². The zero-order valence-electron chi connectivity index (χ0n) is 45.1. The number of carbonyl (C=O) groups excluding carboxylic acids is 10. The molecule has 4 N–H and O–H groups in total. The zero-order valence-corrected chi connectivity index (χ0v) is 45.1. The fourth-order valence-electron chi connectivity index (χ4n) is 8.40. The highest BCUT2D eigenvalue weighted by molar-refractivity contribution is 6.09. The van der Waals surface area contributed by atoms with E-state index in [9.17, 15) is 47.9 Å². The Kier molecular flexibility index (Phi) is 23.2. The molecule has 9 atom stereocenters. The molecule has 8 amide bonds. The molecule has 71 heavy (non-hydrogen) atoms. The summed E-state index contributed by atoms with van der Waals surface area (Å²) in [5.41, 5.74) is -1.15. The molecule has 1 heterocycles. The number of ketones is 1. The normalized spacial score (nSPS) is 26.7. The topological polar surface area (TPSA) is 250 Å². The number of nitrogens with zero attached hydrogens (tertiary/aromatic N) is 4. The SMILES string of the molecule is CCC(C)C1OC(=O)C(C)C(CC)NC(=O)[C@H](C)N(C)C(=O)C(C)(C)C(=O)[C@@H](C)NC(=O)C(Cc2ccc(OC)cc2)N(C)C(=O)[C@H](C(C)C)N(C)C(=O)CNC(=O)[C@H](CC(C)C)N(C)C(=O)CNC1=O. The smallest absolute Gasteiger partial charge is 0.311 e. The van der Waals surface area contributed by atoms with Gasteiger partial charge in [-0.05, 0) is 83.4 Å². The number of carbonyl (C=O) groups is 10. The highest BCUT2D eigenvalue weighted by Gasteiger charge is 2.45. The van der Waals surface area contributed by atoms with Gasteiger partial charge in [0.1, 0.15) is 35.3 Å². The number of Topliss-reactive ketones (excluding diaryl/α,β-unsaturated/α-hetero) is 1. The van der Waals surface area contributed by atoms with Crippen LogP contribution in [-0.4, -0.2) is 169 Å². The van der Waals surface area contributed by atoms with Crippen molar-refractivity contribution < 1.29 is 57.4 Å². The summed E-state index contributed by atoms with van der Waals surface area (Å²) in [6.45, 7) is 18.5. The van der Waals surface area contributed by atoms with Crippen molar-refractivity contribution in [3.05, 3.63) is 29.8 Å². The Morgan fingerprint density at radius 1 is 0.704 bits per heavy atom. The van der Waals surface area contributed by atoms with Crippen molar-refractivity contribution in [2.75, 3.05) is 48.4 Å². The van der Waals surface area contributed by atoms with E-state index in [0.717, 1.165) is 4.90 Å². The predicted octanol–water partition coefficient (Wildman–Crippen LogP) is 2.10. The van der Waals surface area contributed by atoms with Crippen LogP contribution in [0.1, 0.15) is 108 Å². The number of cyclic esters (lactones) is 1. The summed E-state index contributed by atoms with van der Waals surface area (Å²) in [6, 6.07) is 0.125. The number of esters is 1. The molecule has 0 aromatic heterocycles. The molecule has 5 unspecified atom stereocenters. The van der Waals surface area contributed by atoms with Gasteiger partial charge in [-0.2, -0.15) is 0 Å². The van der Waals surface area contributed by atoms with Gasteiger partial charge in [0, 0.05) is 46.6 Å². The van der Waals surface area contributed by atoms with Crippen LogP contribution in [-0.2, 0) is 59.1 Å². The van der Waals surface area contributed by atoms with E-state index in [2.05, 4.69) is 21.3 Å². The first kappa shape index (κ1) is 61.0. The number of benzene rings is 1. The Balaban J connectivity index is 2.72. The minimum Gasteiger partial charge on any atom is -0.497 e. The van der Waals surface area contributed by atoms with Crippen molar-refractivity contribution in [2.45, 2.75) is 151 Å². The maximum Gasteiger partial charge on any atom is 0.311 e. The molecule has 398 valence electrons. The second kappa shape index (κ2) is 26.9. The van der Waals surface area contributed by atoms with E-state index in [1.54, 1.807) is 58.9 Å². The minimum atomic E-state index is -1.79. The Morgan fingerprint density at radius 3 is 1.76 bits per heavy atom. The number of hydrogen-bond acceptors (Lipinski definition) is 12. The Bertz CT molecular complexity index is 2080. The third-order valence-corrected chi connectivity index (χ3v) is 13.7. The predicted molar refractivity (Wildman–Crippen MR) is 266 cm³/mol. The molecule has 1 aromatic carbocycles. The molecule has 20 nitrogen and oxygen atoms in total. The van der Waals surface area contributed by atoms with Crippen LogP contribution in [0.2, 0.25) is 0 Å². The number of methoxy groups -OCH3 is 1.